The van der Waals surface area contributed by atoms with E-state index < -0.39 is 0 Å². The van der Waals surface area contributed by atoms with E-state index >= 15 is 0 Å². The van der Waals surface area contributed by atoms with Crippen molar-refractivity contribution in [1.82, 2.24) is 9.88 Å². The van der Waals surface area contributed by atoms with Crippen molar-refractivity contribution in [3.05, 3.63) is 18.2 Å². The molecule has 0 radical (unpaired) electrons. The Morgan fingerprint density at radius 2 is 2.00 bits per heavy atom. The molecule has 1 fully saturated rings. The number of likely N-dealkylation sites (tertiary alicyclic amines) is 1. The highest BCUT2D eigenvalue weighted by atomic mass is 35.5. The van der Waals surface area contributed by atoms with Crippen molar-refractivity contribution in [2.24, 2.45) is 0 Å². The molecule has 0 unspecified atom stereocenters. The van der Waals surface area contributed by atoms with Crippen LogP contribution in [0.25, 0.3) is 0 Å². The van der Waals surface area contributed by atoms with Crippen LogP contribution in [0, 0.1) is 0 Å². The Morgan fingerprint density at radius 3 is 2.59 bits per heavy atom. The van der Waals surface area contributed by atoms with Gasteiger partial charge in [0.15, 0.2) is 0 Å². The van der Waals surface area contributed by atoms with Crippen LogP contribution in [-0.4, -0.2) is 43.1 Å². The van der Waals surface area contributed by atoms with Gasteiger partial charge >= 0.3 is 0 Å². The maximum absolute atomic E-state index is 5.70. The molecule has 1 saturated heterocycles. The molecule has 2 rings (SSSR count). The van der Waals surface area contributed by atoms with Gasteiger partial charge in [0, 0.05) is 13.1 Å². The first-order chi connectivity index (χ1) is 7.66. The van der Waals surface area contributed by atoms with Crippen LogP contribution in [0.3, 0.4) is 0 Å². The molecule has 0 saturated carbocycles. The molecule has 96 valence electrons. The number of anilines is 2. The summed E-state index contributed by atoms with van der Waals surface area (Å²) in [5.74, 6) is 1.58. The molecule has 1 aromatic rings. The largest absolute Gasteiger partial charge is 0.384 e. The minimum atomic E-state index is 0. The van der Waals surface area contributed by atoms with Gasteiger partial charge in [-0.1, -0.05) is 6.07 Å². The fraction of sp³-hybridized carbons (Fsp3) is 0.583. The van der Waals surface area contributed by atoms with Gasteiger partial charge in [-0.05, 0) is 45.1 Å². The van der Waals surface area contributed by atoms with Crippen molar-refractivity contribution < 1.29 is 0 Å². The maximum Gasteiger partial charge on any atom is 0.130 e. The monoisotopic (exact) mass is 256 g/mol. The highest BCUT2D eigenvalue weighted by Crippen LogP contribution is 2.20. The second-order valence-corrected chi connectivity index (χ2v) is 4.57. The van der Waals surface area contributed by atoms with E-state index in [9.17, 15) is 0 Å². The van der Waals surface area contributed by atoms with Crippen LogP contribution in [0.15, 0.2) is 18.2 Å². The number of piperidine rings is 1. The molecular weight excluding hydrogens is 236 g/mol. The van der Waals surface area contributed by atoms with Crippen LogP contribution in [-0.2, 0) is 0 Å². The zero-order chi connectivity index (χ0) is 11.5. The number of halogens is 1. The average Bonchev–Trinajstić information content (AvgIpc) is 2.29. The quantitative estimate of drug-likeness (QED) is 0.874. The fourth-order valence-corrected chi connectivity index (χ4v) is 2.21. The van der Waals surface area contributed by atoms with Crippen molar-refractivity contribution in [2.45, 2.75) is 18.9 Å². The maximum atomic E-state index is 5.70. The van der Waals surface area contributed by atoms with E-state index in [0.29, 0.717) is 11.9 Å². The van der Waals surface area contributed by atoms with Crippen LogP contribution in [0.4, 0.5) is 11.6 Å². The lowest BCUT2D eigenvalue weighted by atomic mass is 10.0. The number of nitrogen functional groups attached to an aromatic ring is 1. The summed E-state index contributed by atoms with van der Waals surface area (Å²) in [5.41, 5.74) is 5.70. The van der Waals surface area contributed by atoms with E-state index in [1.807, 2.05) is 18.2 Å². The summed E-state index contributed by atoms with van der Waals surface area (Å²) >= 11 is 0. The molecule has 1 aromatic heterocycles. The average molecular weight is 257 g/mol. The molecule has 5 heteroatoms. The zero-order valence-electron chi connectivity index (χ0n) is 10.5. The van der Waals surface area contributed by atoms with Crippen LogP contribution in [0.1, 0.15) is 12.8 Å². The van der Waals surface area contributed by atoms with Gasteiger partial charge in [0.05, 0.1) is 0 Å². The molecule has 0 aromatic carbocycles. The molecule has 4 nitrogen and oxygen atoms in total. The predicted molar refractivity (Wildman–Crippen MR) is 74.8 cm³/mol. The summed E-state index contributed by atoms with van der Waals surface area (Å²) in [6.45, 7) is 2.33. The Labute approximate surface area is 109 Å². The highest BCUT2D eigenvalue weighted by Gasteiger charge is 2.21. The van der Waals surface area contributed by atoms with Gasteiger partial charge in [0.25, 0.3) is 0 Å². The van der Waals surface area contributed by atoms with Crippen molar-refractivity contribution in [3.63, 3.8) is 0 Å². The Bertz CT molecular complexity index is 350. The first-order valence-electron chi connectivity index (χ1n) is 5.81. The molecule has 1 aliphatic heterocycles. The van der Waals surface area contributed by atoms with E-state index in [1.165, 1.54) is 12.8 Å². The third kappa shape index (κ3) is 3.48. The number of hydrogen-bond donors (Lipinski definition) is 1. The molecule has 0 aliphatic carbocycles. The third-order valence-corrected chi connectivity index (χ3v) is 3.35. The first-order valence-corrected chi connectivity index (χ1v) is 5.81. The lowest BCUT2D eigenvalue weighted by Gasteiger charge is -2.35. The number of nitrogens with zero attached hydrogens (tertiary/aromatic N) is 3. The molecule has 17 heavy (non-hydrogen) atoms. The summed E-state index contributed by atoms with van der Waals surface area (Å²) < 4.78 is 0. The summed E-state index contributed by atoms with van der Waals surface area (Å²) in [4.78, 5) is 8.98. The van der Waals surface area contributed by atoms with Gasteiger partial charge in [0.1, 0.15) is 11.6 Å². The lowest BCUT2D eigenvalue weighted by Crippen LogP contribution is -2.42. The van der Waals surface area contributed by atoms with Gasteiger partial charge in [-0.2, -0.15) is 0 Å². The Balaban J connectivity index is 0.00000144. The summed E-state index contributed by atoms with van der Waals surface area (Å²) in [6.07, 6.45) is 2.40. The van der Waals surface area contributed by atoms with Crippen molar-refractivity contribution in [1.29, 1.82) is 0 Å². The van der Waals surface area contributed by atoms with Crippen molar-refractivity contribution in [3.8, 4) is 0 Å². The van der Waals surface area contributed by atoms with Gasteiger partial charge in [-0.3, -0.25) is 0 Å². The number of aromatic nitrogens is 1. The van der Waals surface area contributed by atoms with E-state index in [-0.39, 0.29) is 12.4 Å². The molecule has 2 heterocycles. The summed E-state index contributed by atoms with van der Waals surface area (Å²) in [5, 5.41) is 0. The Hall–Kier alpha value is -1.00. The molecule has 2 N–H and O–H groups in total. The second-order valence-electron chi connectivity index (χ2n) is 4.57. The molecule has 0 atom stereocenters. The fourth-order valence-electron chi connectivity index (χ4n) is 2.21. The summed E-state index contributed by atoms with van der Waals surface area (Å²) in [6, 6.07) is 6.40. The summed E-state index contributed by atoms with van der Waals surface area (Å²) in [7, 11) is 4.28. The standard InChI is InChI=1S/C12H20N4.ClH/c1-15-8-6-10(7-9-15)16(2)12-5-3-4-11(13)14-12;/h3-5,10H,6-9H2,1-2H3,(H2,13,14);1H. The predicted octanol–water partition coefficient (Wildman–Crippen LogP) is 1.62. The normalized spacial score (nSPS) is 17.5. The van der Waals surface area contributed by atoms with E-state index in [0.717, 1.165) is 18.9 Å². The Kier molecular flexibility index (Phi) is 5.02. The van der Waals surface area contributed by atoms with Crippen molar-refractivity contribution >= 4 is 24.0 Å². The molecule has 0 amide bonds. The zero-order valence-corrected chi connectivity index (χ0v) is 11.3. The van der Waals surface area contributed by atoms with Gasteiger partial charge in [-0.25, -0.2) is 4.98 Å². The number of pyridine rings is 1. The van der Waals surface area contributed by atoms with Crippen LogP contribution >= 0.6 is 12.4 Å². The minimum absolute atomic E-state index is 0. The topological polar surface area (TPSA) is 45.4 Å². The lowest BCUT2D eigenvalue weighted by molar-refractivity contribution is 0.252. The van der Waals surface area contributed by atoms with E-state index in [4.69, 9.17) is 5.73 Å². The molecular formula is C12H21ClN4. The smallest absolute Gasteiger partial charge is 0.130 e. The molecule has 0 bridgehead atoms. The number of hydrogen-bond acceptors (Lipinski definition) is 4. The Morgan fingerprint density at radius 1 is 1.35 bits per heavy atom. The molecule has 1 aliphatic rings. The highest BCUT2D eigenvalue weighted by molar-refractivity contribution is 5.85. The van der Waals surface area contributed by atoms with Gasteiger partial charge < -0.3 is 15.5 Å². The van der Waals surface area contributed by atoms with Gasteiger partial charge in [0.2, 0.25) is 0 Å². The van der Waals surface area contributed by atoms with Crippen molar-refractivity contribution in [2.75, 3.05) is 37.8 Å². The van der Waals surface area contributed by atoms with E-state index in [1.54, 1.807) is 0 Å². The van der Waals surface area contributed by atoms with E-state index in [2.05, 4.69) is 28.9 Å². The molecule has 0 spiro atoms. The third-order valence-electron chi connectivity index (χ3n) is 3.35. The SMILES string of the molecule is CN1CCC(N(C)c2cccc(N)n2)CC1.Cl. The minimum Gasteiger partial charge on any atom is -0.384 e. The first kappa shape index (κ1) is 14.1. The number of nitrogens with two attached hydrogens (primary N) is 1. The van der Waals surface area contributed by atoms with Crippen LogP contribution in [0.2, 0.25) is 0 Å². The van der Waals surface area contributed by atoms with Crippen LogP contribution in [0.5, 0.6) is 0 Å². The second kappa shape index (κ2) is 6.07. The van der Waals surface area contributed by atoms with Crippen LogP contribution < -0.4 is 10.6 Å². The van der Waals surface area contributed by atoms with Gasteiger partial charge in [-0.15, -0.1) is 12.4 Å². The number of rotatable bonds is 2.